The summed E-state index contributed by atoms with van der Waals surface area (Å²) in [5, 5.41) is 3.36. The zero-order valence-corrected chi connectivity index (χ0v) is 10.5. The second-order valence-corrected chi connectivity index (χ2v) is 4.73. The lowest BCUT2D eigenvalue weighted by Crippen LogP contribution is -2.23. The Bertz CT molecular complexity index is 456. The van der Waals surface area contributed by atoms with E-state index >= 15 is 0 Å². The minimum atomic E-state index is -0.172. The Morgan fingerprint density at radius 3 is 2.88 bits per heavy atom. The van der Waals surface area contributed by atoms with Crippen molar-refractivity contribution in [3.8, 4) is 0 Å². The van der Waals surface area contributed by atoms with Crippen LogP contribution in [0.2, 0.25) is 0 Å². The van der Waals surface area contributed by atoms with Crippen LogP contribution in [0.3, 0.4) is 0 Å². The van der Waals surface area contributed by atoms with Gasteiger partial charge in [0.15, 0.2) is 0 Å². The Labute approximate surface area is 105 Å². The van der Waals surface area contributed by atoms with Crippen LogP contribution in [0.4, 0.5) is 4.39 Å². The van der Waals surface area contributed by atoms with Crippen molar-refractivity contribution in [1.82, 2.24) is 10.3 Å². The maximum Gasteiger partial charge on any atom is 0.128 e. The van der Waals surface area contributed by atoms with Crippen LogP contribution in [0.1, 0.15) is 29.8 Å². The first-order valence-electron chi connectivity index (χ1n) is 5.69. The first-order valence-corrected chi connectivity index (χ1v) is 6.57. The summed E-state index contributed by atoms with van der Waals surface area (Å²) in [6, 6.07) is 6.80. The van der Waals surface area contributed by atoms with E-state index in [0.29, 0.717) is 5.56 Å². The van der Waals surface area contributed by atoms with Crippen molar-refractivity contribution in [3.63, 3.8) is 0 Å². The number of hydrogen-bond donors (Lipinski definition) is 1. The van der Waals surface area contributed by atoms with Gasteiger partial charge in [0.2, 0.25) is 0 Å². The topological polar surface area (TPSA) is 24.9 Å². The Morgan fingerprint density at radius 2 is 2.24 bits per heavy atom. The lowest BCUT2D eigenvalue weighted by molar-refractivity contribution is 0.550. The molecule has 2 nitrogen and oxygen atoms in total. The average Bonchev–Trinajstić information content (AvgIpc) is 2.85. The first-order chi connectivity index (χ1) is 8.33. The summed E-state index contributed by atoms with van der Waals surface area (Å²) in [6.45, 7) is 2.95. The molecule has 1 aromatic heterocycles. The van der Waals surface area contributed by atoms with Crippen LogP contribution in [-0.2, 0) is 0 Å². The van der Waals surface area contributed by atoms with Crippen LogP contribution < -0.4 is 5.32 Å². The number of nitrogens with zero attached hydrogens (tertiary/aromatic N) is 1. The van der Waals surface area contributed by atoms with E-state index < -0.39 is 0 Å². The lowest BCUT2D eigenvalue weighted by Gasteiger charge is -2.17. The molecule has 0 fully saturated rings. The highest BCUT2D eigenvalue weighted by molar-refractivity contribution is 7.09. The summed E-state index contributed by atoms with van der Waals surface area (Å²) in [6.07, 6.45) is 2.81. The Hall–Kier alpha value is -1.26. The molecule has 0 spiro atoms. The van der Waals surface area contributed by atoms with E-state index in [-0.39, 0.29) is 11.9 Å². The van der Waals surface area contributed by atoms with Crippen LogP contribution in [-0.4, -0.2) is 11.5 Å². The fourth-order valence-corrected chi connectivity index (χ4v) is 2.44. The number of thiazole rings is 1. The Morgan fingerprint density at radius 1 is 1.41 bits per heavy atom. The van der Waals surface area contributed by atoms with Gasteiger partial charge in [-0.15, -0.1) is 11.3 Å². The van der Waals surface area contributed by atoms with Gasteiger partial charge in [-0.1, -0.05) is 25.1 Å². The van der Waals surface area contributed by atoms with E-state index in [0.717, 1.165) is 17.8 Å². The van der Waals surface area contributed by atoms with E-state index in [2.05, 4.69) is 17.2 Å². The highest BCUT2D eigenvalue weighted by atomic mass is 32.1. The third-order valence-electron chi connectivity index (χ3n) is 2.55. The molecule has 0 aliphatic rings. The number of rotatable bonds is 5. The molecule has 1 aromatic carbocycles. The van der Waals surface area contributed by atoms with E-state index in [1.165, 1.54) is 6.07 Å². The maximum absolute atomic E-state index is 13.8. The summed E-state index contributed by atoms with van der Waals surface area (Å²) in [5.41, 5.74) is 2.46. The van der Waals surface area contributed by atoms with E-state index in [4.69, 9.17) is 0 Å². The van der Waals surface area contributed by atoms with Gasteiger partial charge in [0.1, 0.15) is 5.82 Å². The zero-order chi connectivity index (χ0) is 12.1. The molecule has 0 amide bonds. The fourth-order valence-electron chi connectivity index (χ4n) is 1.73. The first kappa shape index (κ1) is 12.2. The van der Waals surface area contributed by atoms with Gasteiger partial charge in [-0.25, -0.2) is 4.39 Å². The molecule has 0 aliphatic carbocycles. The molecular formula is C13H15FN2S. The standard InChI is InChI=1S/C13H15FN2S/c1-2-7-16-13(12-8-15-9-17-12)10-5-3-4-6-11(10)14/h3-6,8-9,13,16H,2,7H2,1H3. The van der Waals surface area contributed by atoms with Gasteiger partial charge in [-0.05, 0) is 19.0 Å². The normalized spacial score (nSPS) is 12.6. The predicted octanol–water partition coefficient (Wildman–Crippen LogP) is 3.37. The lowest BCUT2D eigenvalue weighted by atomic mass is 10.1. The van der Waals surface area contributed by atoms with Crippen molar-refractivity contribution in [2.24, 2.45) is 0 Å². The van der Waals surface area contributed by atoms with Gasteiger partial charge in [-0.2, -0.15) is 0 Å². The van der Waals surface area contributed by atoms with Gasteiger partial charge in [-0.3, -0.25) is 4.98 Å². The zero-order valence-electron chi connectivity index (χ0n) is 9.69. The quantitative estimate of drug-likeness (QED) is 0.880. The van der Waals surface area contributed by atoms with Crippen LogP contribution >= 0.6 is 11.3 Å². The highest BCUT2D eigenvalue weighted by Gasteiger charge is 2.17. The van der Waals surface area contributed by atoms with Crippen molar-refractivity contribution < 1.29 is 4.39 Å². The molecule has 2 rings (SSSR count). The minimum absolute atomic E-state index is 0.0938. The summed E-state index contributed by atoms with van der Waals surface area (Å²) in [7, 11) is 0. The molecule has 90 valence electrons. The molecule has 17 heavy (non-hydrogen) atoms. The third-order valence-corrected chi connectivity index (χ3v) is 3.39. The molecule has 0 aliphatic heterocycles. The monoisotopic (exact) mass is 250 g/mol. The van der Waals surface area contributed by atoms with Gasteiger partial charge in [0.25, 0.3) is 0 Å². The molecule has 1 atom stereocenters. The fraction of sp³-hybridized carbons (Fsp3) is 0.308. The number of hydrogen-bond acceptors (Lipinski definition) is 3. The largest absolute Gasteiger partial charge is 0.305 e. The third kappa shape index (κ3) is 2.90. The van der Waals surface area contributed by atoms with Crippen LogP contribution in [0.5, 0.6) is 0 Å². The van der Waals surface area contributed by atoms with Crippen molar-refractivity contribution in [2.45, 2.75) is 19.4 Å². The van der Waals surface area contributed by atoms with E-state index in [1.807, 2.05) is 12.1 Å². The predicted molar refractivity (Wildman–Crippen MR) is 68.7 cm³/mol. The summed E-state index contributed by atoms with van der Waals surface area (Å²) in [4.78, 5) is 5.11. The molecule has 1 N–H and O–H groups in total. The van der Waals surface area contributed by atoms with Crippen molar-refractivity contribution in [3.05, 3.63) is 52.2 Å². The number of aromatic nitrogens is 1. The van der Waals surface area contributed by atoms with Gasteiger partial charge < -0.3 is 5.32 Å². The summed E-state index contributed by atoms with van der Waals surface area (Å²) in [5.74, 6) is -0.172. The maximum atomic E-state index is 13.8. The van der Waals surface area contributed by atoms with Crippen molar-refractivity contribution in [1.29, 1.82) is 0 Å². The van der Waals surface area contributed by atoms with E-state index in [9.17, 15) is 4.39 Å². The van der Waals surface area contributed by atoms with Crippen LogP contribution in [0, 0.1) is 5.82 Å². The molecule has 1 unspecified atom stereocenters. The number of halogens is 1. The van der Waals surface area contributed by atoms with E-state index in [1.54, 1.807) is 29.1 Å². The highest BCUT2D eigenvalue weighted by Crippen LogP contribution is 2.26. The van der Waals surface area contributed by atoms with Gasteiger partial charge in [0.05, 0.1) is 11.6 Å². The molecule has 1 heterocycles. The van der Waals surface area contributed by atoms with Crippen molar-refractivity contribution >= 4 is 11.3 Å². The van der Waals surface area contributed by atoms with Crippen molar-refractivity contribution in [2.75, 3.05) is 6.54 Å². The second-order valence-electron chi connectivity index (χ2n) is 3.81. The Kier molecular flexibility index (Phi) is 4.23. The van der Waals surface area contributed by atoms with Gasteiger partial charge in [0, 0.05) is 16.6 Å². The SMILES string of the molecule is CCCNC(c1cncs1)c1ccccc1F. The molecule has 0 saturated heterocycles. The molecule has 0 saturated carbocycles. The second kappa shape index (κ2) is 5.89. The van der Waals surface area contributed by atoms with Gasteiger partial charge >= 0.3 is 0 Å². The molecular weight excluding hydrogens is 235 g/mol. The number of benzene rings is 1. The van der Waals surface area contributed by atoms with Crippen LogP contribution in [0.15, 0.2) is 36.0 Å². The summed E-state index contributed by atoms with van der Waals surface area (Å²) >= 11 is 1.54. The molecule has 2 aromatic rings. The van der Waals surface area contributed by atoms with Crippen LogP contribution in [0.25, 0.3) is 0 Å². The Balaban J connectivity index is 2.30. The summed E-state index contributed by atoms with van der Waals surface area (Å²) < 4.78 is 13.8. The smallest absolute Gasteiger partial charge is 0.128 e. The molecule has 0 radical (unpaired) electrons. The average molecular weight is 250 g/mol. The molecule has 0 bridgehead atoms. The minimum Gasteiger partial charge on any atom is -0.305 e. The molecule has 4 heteroatoms. The number of nitrogens with one attached hydrogen (secondary N) is 1.